The molecule has 0 atom stereocenters. The molecule has 1 aromatic carbocycles. The monoisotopic (exact) mass is 389 g/mol. The second kappa shape index (κ2) is 10.2. The summed E-state index contributed by atoms with van der Waals surface area (Å²) < 4.78 is 32.3. The molecule has 1 aliphatic heterocycles. The van der Waals surface area contributed by atoms with E-state index in [4.69, 9.17) is 4.74 Å². The second-order valence-electron chi connectivity index (χ2n) is 6.56. The Bertz CT molecular complexity index is 807. The van der Waals surface area contributed by atoms with E-state index in [1.807, 2.05) is 19.1 Å². The lowest BCUT2D eigenvalue weighted by Gasteiger charge is -2.21. The van der Waals surface area contributed by atoms with Crippen LogP contribution in [0.5, 0.6) is 0 Å². The highest BCUT2D eigenvalue weighted by atomic mass is 32.2. The molecule has 0 saturated heterocycles. The molecule has 1 heterocycles. The zero-order chi connectivity index (χ0) is 19.7. The van der Waals surface area contributed by atoms with Gasteiger partial charge in [-0.1, -0.05) is 48.6 Å². The first-order chi connectivity index (χ1) is 12.9. The van der Waals surface area contributed by atoms with Crippen molar-refractivity contribution in [1.29, 1.82) is 0 Å². The van der Waals surface area contributed by atoms with Gasteiger partial charge in [0, 0.05) is 6.54 Å². The van der Waals surface area contributed by atoms with E-state index in [9.17, 15) is 13.2 Å². The molecule has 0 bridgehead atoms. The third kappa shape index (κ3) is 6.81. The van der Waals surface area contributed by atoms with Crippen LogP contribution in [0.2, 0.25) is 0 Å². The van der Waals surface area contributed by atoms with Crippen LogP contribution in [0, 0.1) is 6.92 Å². The van der Waals surface area contributed by atoms with Crippen LogP contribution in [-0.4, -0.2) is 38.4 Å². The standard InChI is InChI=1S/C21H27NO4S/c1-18-11-13-20(14-12-18)27(24,25)22-15-9-7-5-3-4-6-8-10-19(2)17-26-21(23)16-22/h3,5,8,10-14H,2,4,6-7,9,15-17H2,1H3/b5-3+,10-8-. The first kappa shape index (κ1) is 21.1. The van der Waals surface area contributed by atoms with Crippen molar-refractivity contribution >= 4 is 16.0 Å². The van der Waals surface area contributed by atoms with E-state index in [2.05, 4.69) is 18.7 Å². The van der Waals surface area contributed by atoms with Gasteiger partial charge < -0.3 is 4.74 Å². The first-order valence-electron chi connectivity index (χ1n) is 9.11. The molecule has 6 heteroatoms. The average molecular weight is 390 g/mol. The highest BCUT2D eigenvalue weighted by molar-refractivity contribution is 7.89. The number of carbonyl (C=O) groups excluding carboxylic acids is 1. The summed E-state index contributed by atoms with van der Waals surface area (Å²) in [5.41, 5.74) is 1.65. The number of benzene rings is 1. The molecule has 0 saturated carbocycles. The molecular formula is C21H27NO4S. The number of ether oxygens (including phenoxy) is 1. The number of cyclic esters (lactones) is 1. The lowest BCUT2D eigenvalue weighted by atomic mass is 10.2. The normalized spacial score (nSPS) is 20.9. The molecule has 0 fully saturated rings. The number of aryl methyl sites for hydroxylation is 1. The van der Waals surface area contributed by atoms with Crippen LogP contribution in [0.15, 0.2) is 65.6 Å². The molecule has 1 aromatic rings. The van der Waals surface area contributed by atoms with E-state index in [0.717, 1.165) is 24.8 Å². The summed E-state index contributed by atoms with van der Waals surface area (Å²) in [6, 6.07) is 6.63. The smallest absolute Gasteiger partial charge is 0.321 e. The molecule has 146 valence electrons. The fourth-order valence-corrected chi connectivity index (χ4v) is 4.04. The second-order valence-corrected chi connectivity index (χ2v) is 8.50. The molecule has 0 amide bonds. The van der Waals surface area contributed by atoms with Crippen LogP contribution >= 0.6 is 0 Å². The minimum Gasteiger partial charge on any atom is -0.460 e. The van der Waals surface area contributed by atoms with Crippen LogP contribution in [0.4, 0.5) is 0 Å². The van der Waals surface area contributed by atoms with Gasteiger partial charge in [-0.15, -0.1) is 0 Å². The fourth-order valence-electron chi connectivity index (χ4n) is 2.62. The molecule has 0 spiro atoms. The highest BCUT2D eigenvalue weighted by Gasteiger charge is 2.26. The summed E-state index contributed by atoms with van der Waals surface area (Å²) in [7, 11) is -3.77. The topological polar surface area (TPSA) is 63.7 Å². The molecule has 0 N–H and O–H groups in total. The number of rotatable bonds is 2. The molecule has 0 aliphatic carbocycles. The summed E-state index contributed by atoms with van der Waals surface area (Å²) in [5.74, 6) is -0.578. The van der Waals surface area contributed by atoms with Crippen LogP contribution < -0.4 is 0 Å². The Hall–Kier alpha value is -2.18. The van der Waals surface area contributed by atoms with Gasteiger partial charge in [0.1, 0.15) is 13.2 Å². The molecule has 27 heavy (non-hydrogen) atoms. The molecule has 0 aromatic heterocycles. The summed E-state index contributed by atoms with van der Waals surface area (Å²) in [6.07, 6.45) is 11.2. The number of sulfonamides is 1. The lowest BCUT2D eigenvalue weighted by Crippen LogP contribution is -2.37. The van der Waals surface area contributed by atoms with Gasteiger partial charge in [0.15, 0.2) is 0 Å². The van der Waals surface area contributed by atoms with Crippen molar-refractivity contribution in [2.24, 2.45) is 0 Å². The number of carbonyl (C=O) groups is 1. The quantitative estimate of drug-likeness (QED) is 0.570. The largest absolute Gasteiger partial charge is 0.460 e. The molecular weight excluding hydrogens is 362 g/mol. The third-order valence-electron chi connectivity index (χ3n) is 4.18. The van der Waals surface area contributed by atoms with Gasteiger partial charge in [0.05, 0.1) is 4.90 Å². The van der Waals surface area contributed by atoms with E-state index >= 15 is 0 Å². The Morgan fingerprint density at radius 2 is 1.70 bits per heavy atom. The molecule has 2 rings (SSSR count). The number of esters is 1. The van der Waals surface area contributed by atoms with Crippen molar-refractivity contribution in [1.82, 2.24) is 4.31 Å². The maximum atomic E-state index is 13.0. The van der Waals surface area contributed by atoms with Crippen molar-refractivity contribution in [3.8, 4) is 0 Å². The Labute approximate surface area is 162 Å². The Morgan fingerprint density at radius 3 is 2.44 bits per heavy atom. The van der Waals surface area contributed by atoms with E-state index in [0.29, 0.717) is 12.0 Å². The Balaban J connectivity index is 2.19. The number of hydrogen-bond donors (Lipinski definition) is 0. The molecule has 1 aliphatic rings. The summed E-state index contributed by atoms with van der Waals surface area (Å²) in [6.45, 7) is 5.75. The van der Waals surface area contributed by atoms with Gasteiger partial charge in [-0.05, 0) is 50.3 Å². The summed E-state index contributed by atoms with van der Waals surface area (Å²) in [5, 5.41) is 0. The fraction of sp³-hybridized carbons (Fsp3) is 0.381. The number of allylic oxidation sites excluding steroid dienone is 3. The average Bonchev–Trinajstić information content (AvgIpc) is 2.64. The van der Waals surface area contributed by atoms with Gasteiger partial charge in [-0.25, -0.2) is 8.42 Å². The van der Waals surface area contributed by atoms with Crippen LogP contribution in [0.1, 0.15) is 31.2 Å². The van der Waals surface area contributed by atoms with Gasteiger partial charge in [-0.2, -0.15) is 4.31 Å². The lowest BCUT2D eigenvalue weighted by molar-refractivity contribution is -0.142. The molecule has 5 nitrogen and oxygen atoms in total. The van der Waals surface area contributed by atoms with E-state index in [1.54, 1.807) is 24.3 Å². The van der Waals surface area contributed by atoms with Gasteiger partial charge in [-0.3, -0.25) is 4.79 Å². The maximum absolute atomic E-state index is 13.0. The Morgan fingerprint density at radius 1 is 1.04 bits per heavy atom. The van der Waals surface area contributed by atoms with E-state index in [-0.39, 0.29) is 24.6 Å². The van der Waals surface area contributed by atoms with Crippen LogP contribution in [0.3, 0.4) is 0 Å². The predicted octanol–water partition coefficient (Wildman–Crippen LogP) is 3.77. The Kier molecular flexibility index (Phi) is 8.00. The van der Waals surface area contributed by atoms with Crippen LogP contribution in [0.25, 0.3) is 0 Å². The molecule has 0 unspecified atom stereocenters. The van der Waals surface area contributed by atoms with Gasteiger partial charge in [0.25, 0.3) is 0 Å². The third-order valence-corrected chi connectivity index (χ3v) is 6.04. The molecule has 0 radical (unpaired) electrons. The van der Waals surface area contributed by atoms with Crippen molar-refractivity contribution in [3.63, 3.8) is 0 Å². The van der Waals surface area contributed by atoms with Crippen molar-refractivity contribution in [3.05, 3.63) is 66.3 Å². The van der Waals surface area contributed by atoms with Crippen molar-refractivity contribution in [2.75, 3.05) is 19.7 Å². The van der Waals surface area contributed by atoms with E-state index in [1.165, 1.54) is 4.31 Å². The van der Waals surface area contributed by atoms with Gasteiger partial charge >= 0.3 is 5.97 Å². The SMILES string of the molecule is C=C1/C=C\CC/C=C/CCCN(S(=O)(=O)c2ccc(C)cc2)CC(=O)OC1. The predicted molar refractivity (Wildman–Crippen MR) is 107 cm³/mol. The maximum Gasteiger partial charge on any atom is 0.321 e. The zero-order valence-electron chi connectivity index (χ0n) is 15.8. The number of nitrogens with zero attached hydrogens (tertiary/aromatic N) is 1. The minimum absolute atomic E-state index is 0.0591. The van der Waals surface area contributed by atoms with E-state index < -0.39 is 16.0 Å². The van der Waals surface area contributed by atoms with Crippen molar-refractivity contribution < 1.29 is 17.9 Å². The highest BCUT2D eigenvalue weighted by Crippen LogP contribution is 2.17. The first-order valence-corrected chi connectivity index (χ1v) is 10.6. The van der Waals surface area contributed by atoms with Crippen molar-refractivity contribution in [2.45, 2.75) is 37.5 Å². The number of hydrogen-bond acceptors (Lipinski definition) is 4. The van der Waals surface area contributed by atoms with Crippen LogP contribution in [-0.2, 0) is 19.6 Å². The zero-order valence-corrected chi connectivity index (χ0v) is 16.6. The summed E-state index contributed by atoms with van der Waals surface area (Å²) >= 11 is 0. The summed E-state index contributed by atoms with van der Waals surface area (Å²) in [4.78, 5) is 12.4. The minimum atomic E-state index is -3.77. The van der Waals surface area contributed by atoms with Gasteiger partial charge in [0.2, 0.25) is 10.0 Å².